The number of thiophene rings is 1. The molecule has 3 heterocycles. The van der Waals surface area contributed by atoms with Gasteiger partial charge in [0.1, 0.15) is 0 Å². The molecule has 2 unspecified atom stereocenters. The summed E-state index contributed by atoms with van der Waals surface area (Å²) in [6.07, 6.45) is 2.72. The molecule has 0 saturated carbocycles. The maximum absolute atomic E-state index is 3.63. The molecule has 17 heavy (non-hydrogen) atoms. The molecule has 2 aliphatic rings. The maximum atomic E-state index is 3.63. The number of piperidine rings is 1. The van der Waals surface area contributed by atoms with Crippen LogP contribution in [0, 0.1) is 19.8 Å². The van der Waals surface area contributed by atoms with Crippen LogP contribution in [0.15, 0.2) is 6.07 Å². The summed E-state index contributed by atoms with van der Waals surface area (Å²) in [4.78, 5) is 5.62. The van der Waals surface area contributed by atoms with Gasteiger partial charge in [-0.05, 0) is 57.3 Å². The zero-order valence-electron chi connectivity index (χ0n) is 10.8. The van der Waals surface area contributed by atoms with Gasteiger partial charge in [-0.1, -0.05) is 0 Å². The summed E-state index contributed by atoms with van der Waals surface area (Å²) < 4.78 is 0. The number of nitrogens with one attached hydrogen (secondary N) is 1. The van der Waals surface area contributed by atoms with Gasteiger partial charge in [0.05, 0.1) is 0 Å². The van der Waals surface area contributed by atoms with Gasteiger partial charge in [0.15, 0.2) is 0 Å². The summed E-state index contributed by atoms with van der Waals surface area (Å²) >= 11 is 1.94. The average molecular weight is 250 g/mol. The first-order valence-corrected chi connectivity index (χ1v) is 7.55. The second-order valence-electron chi connectivity index (χ2n) is 5.57. The van der Waals surface area contributed by atoms with Crippen molar-refractivity contribution in [2.45, 2.75) is 39.3 Å². The zero-order chi connectivity index (χ0) is 11.8. The summed E-state index contributed by atoms with van der Waals surface area (Å²) in [7, 11) is 0. The van der Waals surface area contributed by atoms with Crippen LogP contribution in [0.5, 0.6) is 0 Å². The molecule has 2 nitrogen and oxygen atoms in total. The maximum Gasteiger partial charge on any atom is 0.0244 e. The van der Waals surface area contributed by atoms with Crippen molar-refractivity contribution < 1.29 is 0 Å². The van der Waals surface area contributed by atoms with Gasteiger partial charge in [0, 0.05) is 28.9 Å². The molecule has 0 radical (unpaired) electrons. The second-order valence-corrected chi connectivity index (χ2v) is 7.03. The molecular weight excluding hydrogens is 228 g/mol. The van der Waals surface area contributed by atoms with Crippen molar-refractivity contribution in [1.82, 2.24) is 10.2 Å². The number of hydrogen-bond donors (Lipinski definition) is 1. The molecule has 1 aromatic heterocycles. The Morgan fingerprint density at radius 3 is 3.06 bits per heavy atom. The molecule has 1 aromatic rings. The van der Waals surface area contributed by atoms with E-state index in [1.165, 1.54) is 48.8 Å². The summed E-state index contributed by atoms with van der Waals surface area (Å²) in [5.41, 5.74) is 1.55. The van der Waals surface area contributed by atoms with Crippen LogP contribution in [0.3, 0.4) is 0 Å². The Balaban J connectivity index is 1.64. The van der Waals surface area contributed by atoms with E-state index >= 15 is 0 Å². The normalized spacial score (nSPS) is 29.5. The zero-order valence-corrected chi connectivity index (χ0v) is 11.6. The lowest BCUT2D eigenvalue weighted by atomic mass is 9.93. The lowest BCUT2D eigenvalue weighted by molar-refractivity contribution is 0.156. The highest BCUT2D eigenvalue weighted by atomic mass is 32.1. The molecule has 0 bridgehead atoms. The molecule has 0 amide bonds. The average Bonchev–Trinajstić information content (AvgIpc) is 2.85. The molecule has 0 aromatic carbocycles. The minimum atomic E-state index is 0.816. The van der Waals surface area contributed by atoms with Gasteiger partial charge in [-0.15, -0.1) is 11.3 Å². The third-order valence-corrected chi connectivity index (χ3v) is 5.29. The smallest absolute Gasteiger partial charge is 0.0244 e. The highest BCUT2D eigenvalue weighted by molar-refractivity contribution is 7.12. The van der Waals surface area contributed by atoms with Crippen LogP contribution in [-0.4, -0.2) is 30.6 Å². The Labute approximate surface area is 108 Å². The van der Waals surface area contributed by atoms with Gasteiger partial charge < -0.3 is 5.32 Å². The lowest BCUT2D eigenvalue weighted by Crippen LogP contribution is -2.43. The van der Waals surface area contributed by atoms with E-state index in [4.69, 9.17) is 0 Å². The van der Waals surface area contributed by atoms with Crippen LogP contribution < -0.4 is 5.32 Å². The summed E-state index contributed by atoms with van der Waals surface area (Å²) in [5.74, 6) is 0.906. The van der Waals surface area contributed by atoms with Crippen LogP contribution in [0.2, 0.25) is 0 Å². The van der Waals surface area contributed by atoms with Crippen LogP contribution in [0.25, 0.3) is 0 Å². The van der Waals surface area contributed by atoms with Crippen LogP contribution in [0.4, 0.5) is 0 Å². The molecule has 2 fully saturated rings. The molecule has 2 aliphatic heterocycles. The molecule has 2 saturated heterocycles. The highest BCUT2D eigenvalue weighted by Gasteiger charge is 2.32. The van der Waals surface area contributed by atoms with Gasteiger partial charge in [0.25, 0.3) is 0 Å². The van der Waals surface area contributed by atoms with Crippen molar-refractivity contribution >= 4 is 11.3 Å². The Kier molecular flexibility index (Phi) is 3.24. The number of nitrogens with zero attached hydrogens (tertiary/aromatic N) is 1. The largest absolute Gasteiger partial charge is 0.314 e. The fourth-order valence-corrected chi connectivity index (χ4v) is 4.29. The summed E-state index contributed by atoms with van der Waals surface area (Å²) in [6, 6.07) is 3.19. The topological polar surface area (TPSA) is 15.3 Å². The standard InChI is InChI=1S/C14H22N2S/c1-10-7-13(11(2)17-10)9-16-6-4-14-12(8-16)3-5-15-14/h7,12,14-15H,3-6,8-9H2,1-2H3. The molecule has 94 valence electrons. The van der Waals surface area contributed by atoms with Crippen molar-refractivity contribution in [3.63, 3.8) is 0 Å². The van der Waals surface area contributed by atoms with Crippen LogP contribution >= 0.6 is 11.3 Å². The van der Waals surface area contributed by atoms with Crippen molar-refractivity contribution in [3.8, 4) is 0 Å². The first kappa shape index (κ1) is 11.7. The van der Waals surface area contributed by atoms with E-state index in [0.29, 0.717) is 0 Å². The first-order chi connectivity index (χ1) is 8.22. The Morgan fingerprint density at radius 1 is 1.41 bits per heavy atom. The molecule has 3 rings (SSSR count). The number of rotatable bonds is 2. The molecule has 1 N–H and O–H groups in total. The predicted molar refractivity (Wildman–Crippen MR) is 73.6 cm³/mol. The Hall–Kier alpha value is -0.380. The molecule has 2 atom stereocenters. The molecule has 3 heteroatoms. The van der Waals surface area contributed by atoms with E-state index in [1.54, 1.807) is 5.56 Å². The molecule has 0 aliphatic carbocycles. The molecular formula is C14H22N2S. The number of aryl methyl sites for hydroxylation is 2. The highest BCUT2D eigenvalue weighted by Crippen LogP contribution is 2.27. The van der Waals surface area contributed by atoms with Crippen molar-refractivity contribution in [3.05, 3.63) is 21.4 Å². The van der Waals surface area contributed by atoms with E-state index in [9.17, 15) is 0 Å². The van der Waals surface area contributed by atoms with Crippen molar-refractivity contribution in [2.24, 2.45) is 5.92 Å². The summed E-state index contributed by atoms with van der Waals surface area (Å²) in [5, 5.41) is 3.63. The van der Waals surface area contributed by atoms with E-state index in [-0.39, 0.29) is 0 Å². The Bertz CT molecular complexity index is 399. The number of hydrogen-bond acceptors (Lipinski definition) is 3. The van der Waals surface area contributed by atoms with Crippen LogP contribution in [-0.2, 0) is 6.54 Å². The predicted octanol–water partition coefficient (Wildman–Crippen LogP) is 2.55. The van der Waals surface area contributed by atoms with Gasteiger partial charge in [-0.3, -0.25) is 4.90 Å². The van der Waals surface area contributed by atoms with E-state index in [2.05, 4.69) is 30.1 Å². The fraction of sp³-hybridized carbons (Fsp3) is 0.714. The third-order valence-electron chi connectivity index (χ3n) is 4.28. The monoisotopic (exact) mass is 250 g/mol. The van der Waals surface area contributed by atoms with Gasteiger partial charge in [0.2, 0.25) is 0 Å². The SMILES string of the molecule is Cc1cc(CN2CCC3NCCC3C2)c(C)s1. The van der Waals surface area contributed by atoms with Gasteiger partial charge >= 0.3 is 0 Å². The van der Waals surface area contributed by atoms with Gasteiger partial charge in [-0.25, -0.2) is 0 Å². The van der Waals surface area contributed by atoms with Crippen molar-refractivity contribution in [1.29, 1.82) is 0 Å². The van der Waals surface area contributed by atoms with E-state index in [0.717, 1.165) is 12.0 Å². The van der Waals surface area contributed by atoms with E-state index in [1.807, 2.05) is 11.3 Å². The van der Waals surface area contributed by atoms with E-state index < -0.39 is 0 Å². The fourth-order valence-electron chi connectivity index (χ4n) is 3.35. The third kappa shape index (κ3) is 2.42. The van der Waals surface area contributed by atoms with Gasteiger partial charge in [-0.2, -0.15) is 0 Å². The minimum absolute atomic E-state index is 0.816. The number of likely N-dealkylation sites (tertiary alicyclic amines) is 1. The Morgan fingerprint density at radius 2 is 2.29 bits per heavy atom. The number of fused-ring (bicyclic) bond motifs is 1. The summed E-state index contributed by atoms with van der Waals surface area (Å²) in [6.45, 7) is 9.44. The van der Waals surface area contributed by atoms with Crippen molar-refractivity contribution in [2.75, 3.05) is 19.6 Å². The quantitative estimate of drug-likeness (QED) is 0.868. The first-order valence-electron chi connectivity index (χ1n) is 6.74. The molecule has 0 spiro atoms. The minimum Gasteiger partial charge on any atom is -0.314 e. The second kappa shape index (κ2) is 4.71. The lowest BCUT2D eigenvalue weighted by Gasteiger charge is -2.34. The van der Waals surface area contributed by atoms with Crippen LogP contribution in [0.1, 0.15) is 28.2 Å².